The smallest absolute Gasteiger partial charge is 0.186 e. The number of hydrogen-bond donors (Lipinski definition) is 1. The maximum Gasteiger partial charge on any atom is 0.186 e. The fourth-order valence-corrected chi connectivity index (χ4v) is 3.24. The van der Waals surface area contributed by atoms with Crippen LogP contribution in [0.25, 0.3) is 10.8 Å². The minimum atomic E-state index is -0.809. The highest BCUT2D eigenvalue weighted by Crippen LogP contribution is 2.27. The van der Waals surface area contributed by atoms with Crippen LogP contribution < -0.4 is 0 Å². The lowest BCUT2D eigenvalue weighted by atomic mass is 9.99. The number of rotatable bonds is 7. The maximum atomic E-state index is 10.6. The second-order valence-corrected chi connectivity index (χ2v) is 6.48. The molecule has 2 aromatic carbocycles. The summed E-state index contributed by atoms with van der Waals surface area (Å²) in [5, 5.41) is 12.9. The summed E-state index contributed by atoms with van der Waals surface area (Å²) < 4.78 is 22.9. The molecule has 1 aliphatic rings. The van der Waals surface area contributed by atoms with Gasteiger partial charge in [-0.15, -0.1) is 6.58 Å². The first-order chi connectivity index (χ1) is 12.6. The van der Waals surface area contributed by atoms with Gasteiger partial charge in [0.1, 0.15) is 18.3 Å². The minimum Gasteiger partial charge on any atom is -0.388 e. The molecular formula is C21H26O5. The van der Waals surface area contributed by atoms with Crippen LogP contribution in [0.5, 0.6) is 0 Å². The number of fused-ring (bicyclic) bond motifs is 1. The van der Waals surface area contributed by atoms with Crippen LogP contribution in [0, 0.1) is 0 Å². The van der Waals surface area contributed by atoms with Gasteiger partial charge in [-0.05, 0) is 29.3 Å². The van der Waals surface area contributed by atoms with E-state index in [1.807, 2.05) is 18.2 Å². The monoisotopic (exact) mass is 358 g/mol. The molecule has 0 saturated carbocycles. The topological polar surface area (TPSA) is 57.2 Å². The summed E-state index contributed by atoms with van der Waals surface area (Å²) >= 11 is 0. The first-order valence-corrected chi connectivity index (χ1v) is 8.82. The zero-order chi connectivity index (χ0) is 18.5. The van der Waals surface area contributed by atoms with E-state index in [4.69, 9.17) is 18.9 Å². The van der Waals surface area contributed by atoms with Crippen LogP contribution in [-0.2, 0) is 25.6 Å². The molecule has 5 heteroatoms. The van der Waals surface area contributed by atoms with E-state index in [1.54, 1.807) is 20.1 Å². The highest BCUT2D eigenvalue weighted by atomic mass is 16.7. The number of aliphatic hydroxyl groups is 1. The minimum absolute atomic E-state index is 0.324. The van der Waals surface area contributed by atoms with Crippen LogP contribution >= 0.6 is 0 Å². The molecule has 5 nitrogen and oxygen atoms in total. The number of benzene rings is 2. The lowest BCUT2D eigenvalue weighted by molar-refractivity contribution is -0.303. The molecule has 140 valence electrons. The predicted octanol–water partition coefficient (Wildman–Crippen LogP) is 3.05. The van der Waals surface area contributed by atoms with Gasteiger partial charge in [-0.3, -0.25) is 0 Å². The van der Waals surface area contributed by atoms with Gasteiger partial charge in [0.25, 0.3) is 0 Å². The molecule has 0 aromatic heterocycles. The van der Waals surface area contributed by atoms with Gasteiger partial charge in [0.05, 0.1) is 19.3 Å². The Bertz CT molecular complexity index is 731. The fraction of sp³-hybridized carbons (Fsp3) is 0.429. The van der Waals surface area contributed by atoms with Gasteiger partial charge in [0.2, 0.25) is 0 Å². The van der Waals surface area contributed by atoms with Gasteiger partial charge in [-0.2, -0.15) is 0 Å². The standard InChI is InChI=1S/C21H26O5/c1-4-11-24-20-19(18(22)14(2)26-21(20)23-3)25-13-15-9-10-16-7-5-6-8-17(16)12-15/h4-10,12,14,18-22H,1,11,13H2,2-3H3/t14-,18-,19+,20-,21+/m1/s1. The lowest BCUT2D eigenvalue weighted by Gasteiger charge is -2.42. The second-order valence-electron chi connectivity index (χ2n) is 6.48. The quantitative estimate of drug-likeness (QED) is 0.771. The van der Waals surface area contributed by atoms with E-state index in [1.165, 1.54) is 5.39 Å². The highest BCUT2D eigenvalue weighted by Gasteiger charge is 2.45. The molecule has 1 fully saturated rings. The third-order valence-electron chi connectivity index (χ3n) is 4.65. The first-order valence-electron chi connectivity index (χ1n) is 8.82. The summed E-state index contributed by atoms with van der Waals surface area (Å²) in [5.74, 6) is 0. The Labute approximate surface area is 154 Å². The van der Waals surface area contributed by atoms with Crippen molar-refractivity contribution in [2.45, 2.75) is 44.2 Å². The number of methoxy groups -OCH3 is 1. The van der Waals surface area contributed by atoms with Gasteiger partial charge in [-0.1, -0.05) is 42.5 Å². The van der Waals surface area contributed by atoms with Crippen molar-refractivity contribution < 1.29 is 24.1 Å². The lowest BCUT2D eigenvalue weighted by Crippen LogP contribution is -2.59. The molecule has 1 aliphatic heterocycles. The molecular weight excluding hydrogens is 332 g/mol. The maximum absolute atomic E-state index is 10.6. The largest absolute Gasteiger partial charge is 0.388 e. The van der Waals surface area contributed by atoms with Gasteiger partial charge in [0.15, 0.2) is 6.29 Å². The van der Waals surface area contributed by atoms with Crippen molar-refractivity contribution >= 4 is 10.8 Å². The summed E-state index contributed by atoms with van der Waals surface area (Å²) in [7, 11) is 1.56. The number of ether oxygens (including phenoxy) is 4. The molecule has 1 saturated heterocycles. The normalized spacial score (nSPS) is 29.0. The Hall–Kier alpha value is -1.76. The SMILES string of the molecule is C=CCO[C@H]1[C@@H](OC)O[C@H](C)[C@@H](O)[C@@H]1OCc1ccc2ccccc2c1. The van der Waals surface area contributed by atoms with Crippen LogP contribution in [0.4, 0.5) is 0 Å². The molecule has 2 aromatic rings. The second kappa shape index (κ2) is 8.75. The molecule has 0 radical (unpaired) electrons. The molecule has 3 rings (SSSR count). The molecule has 26 heavy (non-hydrogen) atoms. The summed E-state index contributed by atoms with van der Waals surface area (Å²) in [4.78, 5) is 0. The van der Waals surface area contributed by atoms with Crippen molar-refractivity contribution in [1.29, 1.82) is 0 Å². The molecule has 5 atom stereocenters. The van der Waals surface area contributed by atoms with E-state index >= 15 is 0 Å². The zero-order valence-electron chi connectivity index (χ0n) is 15.2. The summed E-state index contributed by atoms with van der Waals surface area (Å²) in [6.45, 7) is 6.15. The van der Waals surface area contributed by atoms with Crippen LogP contribution in [-0.4, -0.2) is 49.5 Å². The fourth-order valence-electron chi connectivity index (χ4n) is 3.24. The Morgan fingerprint density at radius 3 is 2.62 bits per heavy atom. The Morgan fingerprint density at radius 2 is 1.88 bits per heavy atom. The zero-order valence-corrected chi connectivity index (χ0v) is 15.2. The van der Waals surface area contributed by atoms with Gasteiger partial charge >= 0.3 is 0 Å². The van der Waals surface area contributed by atoms with Crippen LogP contribution in [0.1, 0.15) is 12.5 Å². The van der Waals surface area contributed by atoms with E-state index in [0.29, 0.717) is 13.2 Å². The number of aliphatic hydroxyl groups excluding tert-OH is 1. The molecule has 0 bridgehead atoms. The van der Waals surface area contributed by atoms with Crippen molar-refractivity contribution in [3.8, 4) is 0 Å². The third-order valence-corrected chi connectivity index (χ3v) is 4.65. The van der Waals surface area contributed by atoms with E-state index < -0.39 is 30.7 Å². The molecule has 0 aliphatic carbocycles. The Balaban J connectivity index is 1.75. The highest BCUT2D eigenvalue weighted by molar-refractivity contribution is 5.82. The average molecular weight is 358 g/mol. The van der Waals surface area contributed by atoms with Gasteiger partial charge in [-0.25, -0.2) is 0 Å². The number of hydrogen-bond acceptors (Lipinski definition) is 5. The molecule has 1 heterocycles. The van der Waals surface area contributed by atoms with E-state index in [0.717, 1.165) is 10.9 Å². The van der Waals surface area contributed by atoms with Crippen molar-refractivity contribution in [1.82, 2.24) is 0 Å². The van der Waals surface area contributed by atoms with E-state index in [2.05, 4.69) is 30.8 Å². The summed E-state index contributed by atoms with van der Waals surface area (Å²) in [6, 6.07) is 14.4. The van der Waals surface area contributed by atoms with Crippen LogP contribution in [0.15, 0.2) is 55.1 Å². The Morgan fingerprint density at radius 1 is 1.12 bits per heavy atom. The van der Waals surface area contributed by atoms with Gasteiger partial charge < -0.3 is 24.1 Å². The van der Waals surface area contributed by atoms with Crippen molar-refractivity contribution in [3.05, 3.63) is 60.7 Å². The van der Waals surface area contributed by atoms with Crippen molar-refractivity contribution in [2.75, 3.05) is 13.7 Å². The summed E-state index contributed by atoms with van der Waals surface area (Å²) in [5.41, 5.74) is 1.03. The predicted molar refractivity (Wildman–Crippen MR) is 99.8 cm³/mol. The molecule has 0 amide bonds. The van der Waals surface area contributed by atoms with Crippen molar-refractivity contribution in [3.63, 3.8) is 0 Å². The molecule has 0 unspecified atom stereocenters. The first kappa shape index (κ1) is 19.0. The van der Waals surface area contributed by atoms with E-state index in [-0.39, 0.29) is 0 Å². The molecule has 0 spiro atoms. The Kier molecular flexibility index (Phi) is 6.40. The van der Waals surface area contributed by atoms with Gasteiger partial charge in [0, 0.05) is 7.11 Å². The van der Waals surface area contributed by atoms with Crippen LogP contribution in [0.3, 0.4) is 0 Å². The van der Waals surface area contributed by atoms with Crippen LogP contribution in [0.2, 0.25) is 0 Å². The molecule has 1 N–H and O–H groups in total. The van der Waals surface area contributed by atoms with E-state index in [9.17, 15) is 5.11 Å². The third kappa shape index (κ3) is 4.14. The summed E-state index contributed by atoms with van der Waals surface area (Å²) in [6.07, 6.45) is -1.27. The average Bonchev–Trinajstić information content (AvgIpc) is 2.67. The van der Waals surface area contributed by atoms with Crippen molar-refractivity contribution in [2.24, 2.45) is 0 Å².